The molecule has 3 heterocycles. The number of amides is 2. The van der Waals surface area contributed by atoms with Gasteiger partial charge in [-0.3, -0.25) is 14.5 Å². The summed E-state index contributed by atoms with van der Waals surface area (Å²) in [6, 6.07) is 11.7. The molecule has 1 unspecified atom stereocenters. The summed E-state index contributed by atoms with van der Waals surface area (Å²) in [5, 5.41) is 4.34. The van der Waals surface area contributed by atoms with Crippen LogP contribution < -0.4 is 10.5 Å². The number of primary amides is 1. The van der Waals surface area contributed by atoms with Gasteiger partial charge in [-0.15, -0.1) is 0 Å². The second kappa shape index (κ2) is 9.54. The van der Waals surface area contributed by atoms with Crippen LogP contribution in [0.15, 0.2) is 55.0 Å². The van der Waals surface area contributed by atoms with E-state index in [0.29, 0.717) is 31.1 Å². The molecule has 178 valence electrons. The van der Waals surface area contributed by atoms with E-state index in [0.717, 1.165) is 17.7 Å². The van der Waals surface area contributed by atoms with Gasteiger partial charge in [0.15, 0.2) is 5.75 Å². The minimum Gasteiger partial charge on any atom is -0.453 e. The molecule has 1 aliphatic rings. The standard InChI is InChI=1S/C25H29N5O4/c1-25(2,3)34-24(32)29-10-9-18(15-29)21-11-22(20(13-27-21)23(26)31)33-19-12-28-30(16-19)14-17-7-5-4-6-8-17/h4-8,11-13,16,18H,9-10,14-15H2,1-3H3,(H2,26,31). The van der Waals surface area contributed by atoms with E-state index in [4.69, 9.17) is 15.2 Å². The molecule has 1 fully saturated rings. The van der Waals surface area contributed by atoms with E-state index in [1.807, 2.05) is 51.1 Å². The van der Waals surface area contributed by atoms with Crippen LogP contribution in [0.25, 0.3) is 0 Å². The number of carbonyl (C=O) groups excluding carboxylic acids is 2. The maximum Gasteiger partial charge on any atom is 0.410 e. The van der Waals surface area contributed by atoms with Gasteiger partial charge < -0.3 is 20.1 Å². The summed E-state index contributed by atoms with van der Waals surface area (Å²) in [5.41, 5.74) is 7.01. The summed E-state index contributed by atoms with van der Waals surface area (Å²) in [6.45, 7) is 7.17. The Bertz CT molecular complexity index is 1170. The molecule has 0 bridgehead atoms. The minimum atomic E-state index is -0.632. The predicted molar refractivity (Wildman–Crippen MR) is 126 cm³/mol. The summed E-state index contributed by atoms with van der Waals surface area (Å²) in [6.07, 6.45) is 5.17. The van der Waals surface area contributed by atoms with E-state index in [9.17, 15) is 9.59 Å². The highest BCUT2D eigenvalue weighted by molar-refractivity contribution is 5.95. The van der Waals surface area contributed by atoms with Crippen molar-refractivity contribution in [2.45, 2.75) is 45.3 Å². The van der Waals surface area contributed by atoms with Crippen molar-refractivity contribution in [1.29, 1.82) is 0 Å². The van der Waals surface area contributed by atoms with E-state index >= 15 is 0 Å². The van der Waals surface area contributed by atoms with Crippen LogP contribution >= 0.6 is 0 Å². The molecule has 9 nitrogen and oxygen atoms in total. The van der Waals surface area contributed by atoms with Crippen LogP contribution in [-0.4, -0.2) is 50.4 Å². The quantitative estimate of drug-likeness (QED) is 0.592. The Labute approximate surface area is 198 Å². The van der Waals surface area contributed by atoms with Crippen LogP contribution in [0, 0.1) is 0 Å². The average molecular weight is 464 g/mol. The number of hydrogen-bond donors (Lipinski definition) is 1. The van der Waals surface area contributed by atoms with Crippen molar-refractivity contribution in [3.8, 4) is 11.5 Å². The van der Waals surface area contributed by atoms with Gasteiger partial charge in [0.2, 0.25) is 0 Å². The lowest BCUT2D eigenvalue weighted by Gasteiger charge is -2.24. The van der Waals surface area contributed by atoms with Gasteiger partial charge in [-0.05, 0) is 32.8 Å². The smallest absolute Gasteiger partial charge is 0.410 e. The summed E-state index contributed by atoms with van der Waals surface area (Å²) < 4.78 is 13.2. The molecule has 1 aliphatic heterocycles. The molecule has 0 aliphatic carbocycles. The Morgan fingerprint density at radius 1 is 1.18 bits per heavy atom. The fourth-order valence-electron chi connectivity index (χ4n) is 3.82. The summed E-state index contributed by atoms with van der Waals surface area (Å²) in [4.78, 5) is 30.5. The van der Waals surface area contributed by atoms with Crippen LogP contribution in [0.4, 0.5) is 4.79 Å². The largest absolute Gasteiger partial charge is 0.453 e. The SMILES string of the molecule is CC(C)(C)OC(=O)N1CCC(c2cc(Oc3cnn(Cc4ccccc4)c3)c(C(N)=O)cn2)C1. The molecule has 2 amide bonds. The molecule has 3 aromatic rings. The van der Waals surface area contributed by atoms with Gasteiger partial charge in [0.1, 0.15) is 16.9 Å². The third kappa shape index (κ3) is 5.72. The van der Waals surface area contributed by atoms with E-state index in [1.165, 1.54) is 6.20 Å². The number of carbonyl (C=O) groups is 2. The zero-order chi connectivity index (χ0) is 24.3. The van der Waals surface area contributed by atoms with Crippen molar-refractivity contribution >= 4 is 12.0 Å². The van der Waals surface area contributed by atoms with E-state index < -0.39 is 11.5 Å². The highest BCUT2D eigenvalue weighted by Crippen LogP contribution is 2.32. The first-order valence-electron chi connectivity index (χ1n) is 11.2. The molecule has 9 heteroatoms. The first-order chi connectivity index (χ1) is 16.2. The Hall–Kier alpha value is -3.88. The number of rotatable bonds is 6. The van der Waals surface area contributed by atoms with Crippen molar-refractivity contribution in [2.75, 3.05) is 13.1 Å². The molecule has 0 saturated carbocycles. The van der Waals surface area contributed by atoms with Crippen LogP contribution in [-0.2, 0) is 11.3 Å². The predicted octanol–water partition coefficient (Wildman–Crippen LogP) is 3.94. The fourth-order valence-corrected chi connectivity index (χ4v) is 3.82. The van der Waals surface area contributed by atoms with Crippen molar-refractivity contribution < 1.29 is 19.1 Å². The fraction of sp³-hybridized carbons (Fsp3) is 0.360. The molecule has 0 spiro atoms. The average Bonchev–Trinajstić information content (AvgIpc) is 3.43. The number of likely N-dealkylation sites (tertiary alicyclic amines) is 1. The van der Waals surface area contributed by atoms with E-state index in [-0.39, 0.29) is 17.6 Å². The Balaban J connectivity index is 1.49. The lowest BCUT2D eigenvalue weighted by Crippen LogP contribution is -2.35. The van der Waals surface area contributed by atoms with Crippen LogP contribution in [0.5, 0.6) is 11.5 Å². The van der Waals surface area contributed by atoms with Gasteiger partial charge in [0, 0.05) is 37.0 Å². The first kappa shape index (κ1) is 23.3. The topological polar surface area (TPSA) is 113 Å². The molecule has 0 radical (unpaired) electrons. The van der Waals surface area contributed by atoms with Gasteiger partial charge in [-0.1, -0.05) is 30.3 Å². The number of nitrogens with two attached hydrogens (primary N) is 1. The molecular weight excluding hydrogens is 434 g/mol. The second-order valence-corrected chi connectivity index (χ2v) is 9.34. The Morgan fingerprint density at radius 2 is 1.94 bits per heavy atom. The van der Waals surface area contributed by atoms with Crippen molar-refractivity contribution in [3.63, 3.8) is 0 Å². The number of benzene rings is 1. The Morgan fingerprint density at radius 3 is 2.65 bits per heavy atom. The molecule has 1 atom stereocenters. The number of aromatic nitrogens is 3. The molecule has 1 aromatic carbocycles. The second-order valence-electron chi connectivity index (χ2n) is 9.34. The number of ether oxygens (including phenoxy) is 2. The lowest BCUT2D eigenvalue weighted by atomic mass is 10.0. The molecule has 34 heavy (non-hydrogen) atoms. The van der Waals surface area contributed by atoms with Crippen molar-refractivity contribution in [2.24, 2.45) is 5.73 Å². The van der Waals surface area contributed by atoms with E-state index in [1.54, 1.807) is 28.0 Å². The third-order valence-corrected chi connectivity index (χ3v) is 5.44. The number of hydrogen-bond acceptors (Lipinski definition) is 6. The van der Waals surface area contributed by atoms with Crippen molar-refractivity contribution in [1.82, 2.24) is 19.7 Å². The maximum absolute atomic E-state index is 12.4. The number of pyridine rings is 1. The normalized spacial score (nSPS) is 15.9. The first-order valence-corrected chi connectivity index (χ1v) is 11.2. The number of nitrogens with zero attached hydrogens (tertiary/aromatic N) is 4. The summed E-state index contributed by atoms with van der Waals surface area (Å²) in [5.74, 6) is 0.162. The monoisotopic (exact) mass is 463 g/mol. The molecule has 1 saturated heterocycles. The molecule has 2 aromatic heterocycles. The van der Waals surface area contributed by atoms with E-state index in [2.05, 4.69) is 10.1 Å². The van der Waals surface area contributed by atoms with Gasteiger partial charge in [0.05, 0.1) is 18.9 Å². The minimum absolute atomic E-state index is 0.00222. The highest BCUT2D eigenvalue weighted by Gasteiger charge is 2.32. The highest BCUT2D eigenvalue weighted by atomic mass is 16.6. The summed E-state index contributed by atoms with van der Waals surface area (Å²) >= 11 is 0. The third-order valence-electron chi connectivity index (χ3n) is 5.44. The lowest BCUT2D eigenvalue weighted by molar-refractivity contribution is 0.0292. The molecule has 2 N–H and O–H groups in total. The zero-order valence-electron chi connectivity index (χ0n) is 19.6. The van der Waals surface area contributed by atoms with Gasteiger partial charge in [-0.25, -0.2) is 4.79 Å². The summed E-state index contributed by atoms with van der Waals surface area (Å²) in [7, 11) is 0. The van der Waals surface area contributed by atoms with Gasteiger partial charge in [-0.2, -0.15) is 5.10 Å². The van der Waals surface area contributed by atoms with Crippen molar-refractivity contribution in [3.05, 3.63) is 71.8 Å². The van der Waals surface area contributed by atoms with Gasteiger partial charge >= 0.3 is 6.09 Å². The maximum atomic E-state index is 12.4. The Kier molecular flexibility index (Phi) is 6.54. The van der Waals surface area contributed by atoms with Gasteiger partial charge in [0.25, 0.3) is 5.91 Å². The molecule has 4 rings (SSSR count). The molecular formula is C25H29N5O4. The van der Waals surface area contributed by atoms with Crippen LogP contribution in [0.2, 0.25) is 0 Å². The zero-order valence-corrected chi connectivity index (χ0v) is 19.6. The van der Waals surface area contributed by atoms with Crippen LogP contribution in [0.1, 0.15) is 54.7 Å². The van der Waals surface area contributed by atoms with Crippen LogP contribution in [0.3, 0.4) is 0 Å².